The first kappa shape index (κ1) is 17.7. The predicted octanol–water partition coefficient (Wildman–Crippen LogP) is 4.41. The van der Waals surface area contributed by atoms with Crippen molar-refractivity contribution < 1.29 is 22.7 Å². The Labute approximate surface area is 123 Å². The minimum Gasteiger partial charge on any atom is -0.368 e. The molecule has 0 aliphatic heterocycles. The number of halogens is 3. The second-order valence-electron chi connectivity index (χ2n) is 4.93. The summed E-state index contributed by atoms with van der Waals surface area (Å²) >= 11 is 0. The lowest BCUT2D eigenvalue weighted by molar-refractivity contribution is -0.145. The van der Waals surface area contributed by atoms with Crippen LogP contribution >= 0.6 is 0 Å². The first-order chi connectivity index (χ1) is 9.79. The van der Waals surface area contributed by atoms with Crippen LogP contribution in [0.5, 0.6) is 0 Å². The molecule has 5 heteroatoms. The average Bonchev–Trinajstić information content (AvgIpc) is 2.44. The Morgan fingerprint density at radius 2 is 1.76 bits per heavy atom. The van der Waals surface area contributed by atoms with Crippen LogP contribution in [-0.2, 0) is 22.1 Å². The highest BCUT2D eigenvalue weighted by atomic mass is 19.4. The highest BCUT2D eigenvalue weighted by molar-refractivity contribution is 5.89. The van der Waals surface area contributed by atoms with Gasteiger partial charge in [0, 0.05) is 13.0 Å². The van der Waals surface area contributed by atoms with E-state index in [1.54, 1.807) is 6.92 Å². The molecule has 1 aromatic rings. The minimum absolute atomic E-state index is 0.0500. The lowest BCUT2D eigenvalue weighted by Crippen LogP contribution is -2.41. The van der Waals surface area contributed by atoms with E-state index in [4.69, 9.17) is 4.74 Å². The van der Waals surface area contributed by atoms with Crippen LogP contribution in [0.15, 0.2) is 24.3 Å². The van der Waals surface area contributed by atoms with E-state index in [-0.39, 0.29) is 12.2 Å². The van der Waals surface area contributed by atoms with Crippen LogP contribution < -0.4 is 0 Å². The summed E-state index contributed by atoms with van der Waals surface area (Å²) in [5, 5.41) is 0. The Morgan fingerprint density at radius 1 is 1.14 bits per heavy atom. The van der Waals surface area contributed by atoms with Crippen LogP contribution in [0.1, 0.15) is 44.7 Å². The summed E-state index contributed by atoms with van der Waals surface area (Å²) in [7, 11) is 0. The highest BCUT2D eigenvalue weighted by Gasteiger charge is 2.35. The van der Waals surface area contributed by atoms with Crippen molar-refractivity contribution in [1.29, 1.82) is 0 Å². The molecule has 0 radical (unpaired) electrons. The molecule has 0 saturated carbocycles. The van der Waals surface area contributed by atoms with Crippen molar-refractivity contribution in [2.24, 2.45) is 0 Å². The largest absolute Gasteiger partial charge is 0.416 e. The Bertz CT molecular complexity index is 477. The van der Waals surface area contributed by atoms with Gasteiger partial charge in [-0.15, -0.1) is 0 Å². The number of benzene rings is 1. The van der Waals surface area contributed by atoms with Crippen molar-refractivity contribution in [3.63, 3.8) is 0 Å². The SMILES string of the molecule is CCOC(CC)(CC)C(=O)Cc1cccc(C(F)(F)F)c1. The molecule has 0 unspecified atom stereocenters. The predicted molar refractivity (Wildman–Crippen MR) is 75.1 cm³/mol. The van der Waals surface area contributed by atoms with E-state index in [9.17, 15) is 18.0 Å². The molecule has 0 saturated heterocycles. The molecule has 0 fully saturated rings. The van der Waals surface area contributed by atoms with Crippen molar-refractivity contribution >= 4 is 5.78 Å². The summed E-state index contributed by atoms with van der Waals surface area (Å²) in [6.45, 7) is 5.90. The number of ketones is 1. The molecule has 0 atom stereocenters. The molecule has 0 heterocycles. The summed E-state index contributed by atoms with van der Waals surface area (Å²) < 4.78 is 43.6. The maximum Gasteiger partial charge on any atom is 0.416 e. The lowest BCUT2D eigenvalue weighted by atomic mass is 9.88. The molecule has 0 aromatic heterocycles. The standard InChI is InChI=1S/C16H21F3O2/c1-4-15(5-2,21-6-3)14(20)11-12-8-7-9-13(10-12)16(17,18)19/h7-10H,4-6,11H2,1-3H3. The zero-order chi connectivity index (χ0) is 16.1. The Kier molecular flexibility index (Phi) is 5.96. The van der Waals surface area contributed by atoms with E-state index in [2.05, 4.69) is 0 Å². The molecule has 0 aliphatic rings. The van der Waals surface area contributed by atoms with Crippen molar-refractivity contribution in [1.82, 2.24) is 0 Å². The molecule has 21 heavy (non-hydrogen) atoms. The Morgan fingerprint density at radius 3 is 2.24 bits per heavy atom. The van der Waals surface area contributed by atoms with E-state index in [0.29, 0.717) is 25.0 Å². The number of alkyl halides is 3. The zero-order valence-corrected chi connectivity index (χ0v) is 12.6. The van der Waals surface area contributed by atoms with Gasteiger partial charge in [0.2, 0.25) is 0 Å². The molecular formula is C16H21F3O2. The van der Waals surface area contributed by atoms with Gasteiger partial charge in [-0.3, -0.25) is 4.79 Å². The molecule has 1 aromatic carbocycles. The second kappa shape index (κ2) is 7.07. The molecule has 1 rings (SSSR count). The number of hydrogen-bond donors (Lipinski definition) is 0. The van der Waals surface area contributed by atoms with Crippen LogP contribution in [0, 0.1) is 0 Å². The third-order valence-corrected chi connectivity index (χ3v) is 3.69. The molecule has 0 amide bonds. The maximum atomic E-state index is 12.7. The van der Waals surface area contributed by atoms with Gasteiger partial charge in [0.15, 0.2) is 5.78 Å². The summed E-state index contributed by atoms with van der Waals surface area (Å²) in [5.74, 6) is -0.173. The van der Waals surface area contributed by atoms with Gasteiger partial charge < -0.3 is 4.74 Å². The van der Waals surface area contributed by atoms with Crippen LogP contribution in [-0.4, -0.2) is 18.0 Å². The molecule has 118 valence electrons. The van der Waals surface area contributed by atoms with Gasteiger partial charge in [0.05, 0.1) is 5.56 Å². The van der Waals surface area contributed by atoms with Gasteiger partial charge in [0.25, 0.3) is 0 Å². The monoisotopic (exact) mass is 302 g/mol. The number of carbonyl (C=O) groups is 1. The fraction of sp³-hybridized carbons (Fsp3) is 0.562. The van der Waals surface area contributed by atoms with Crippen molar-refractivity contribution in [2.45, 2.75) is 51.8 Å². The summed E-state index contributed by atoms with van der Waals surface area (Å²) in [4.78, 5) is 12.4. The lowest BCUT2D eigenvalue weighted by Gasteiger charge is -2.30. The zero-order valence-electron chi connectivity index (χ0n) is 12.6. The number of Topliss-reactive ketones (excluding diaryl/α,β-unsaturated/α-hetero) is 1. The highest BCUT2D eigenvalue weighted by Crippen LogP contribution is 2.30. The van der Waals surface area contributed by atoms with Gasteiger partial charge in [0.1, 0.15) is 5.60 Å². The third-order valence-electron chi connectivity index (χ3n) is 3.69. The molecule has 0 bridgehead atoms. The van der Waals surface area contributed by atoms with E-state index in [1.165, 1.54) is 12.1 Å². The minimum atomic E-state index is -4.40. The van der Waals surface area contributed by atoms with Crippen LogP contribution in [0.3, 0.4) is 0 Å². The molecule has 2 nitrogen and oxygen atoms in total. The molecular weight excluding hydrogens is 281 g/mol. The normalized spacial score (nSPS) is 12.5. The smallest absolute Gasteiger partial charge is 0.368 e. The van der Waals surface area contributed by atoms with Gasteiger partial charge in [-0.2, -0.15) is 13.2 Å². The molecule has 0 spiro atoms. The van der Waals surface area contributed by atoms with Gasteiger partial charge in [-0.1, -0.05) is 32.0 Å². The van der Waals surface area contributed by atoms with Crippen LogP contribution in [0.25, 0.3) is 0 Å². The molecule has 0 aliphatic carbocycles. The topological polar surface area (TPSA) is 26.3 Å². The number of hydrogen-bond acceptors (Lipinski definition) is 2. The first-order valence-electron chi connectivity index (χ1n) is 7.12. The fourth-order valence-corrected chi connectivity index (χ4v) is 2.41. The third kappa shape index (κ3) is 4.30. The number of ether oxygens (including phenoxy) is 1. The quantitative estimate of drug-likeness (QED) is 0.745. The summed E-state index contributed by atoms with van der Waals surface area (Å²) in [6.07, 6.45) is -3.43. The maximum absolute atomic E-state index is 12.7. The van der Waals surface area contributed by atoms with E-state index < -0.39 is 17.3 Å². The van der Waals surface area contributed by atoms with Gasteiger partial charge in [-0.25, -0.2) is 0 Å². The summed E-state index contributed by atoms with van der Waals surface area (Å²) in [5.41, 5.74) is -1.27. The Balaban J connectivity index is 2.97. The van der Waals surface area contributed by atoms with E-state index in [0.717, 1.165) is 12.1 Å². The van der Waals surface area contributed by atoms with Crippen molar-refractivity contribution in [3.05, 3.63) is 35.4 Å². The van der Waals surface area contributed by atoms with Crippen LogP contribution in [0.2, 0.25) is 0 Å². The fourth-order valence-electron chi connectivity index (χ4n) is 2.41. The van der Waals surface area contributed by atoms with Gasteiger partial charge >= 0.3 is 6.18 Å². The van der Waals surface area contributed by atoms with Crippen molar-refractivity contribution in [2.75, 3.05) is 6.61 Å². The Hall–Kier alpha value is -1.36. The molecule has 0 N–H and O–H groups in total. The van der Waals surface area contributed by atoms with Crippen molar-refractivity contribution in [3.8, 4) is 0 Å². The second-order valence-corrected chi connectivity index (χ2v) is 4.93. The summed E-state index contributed by atoms with van der Waals surface area (Å²) in [6, 6.07) is 4.89. The van der Waals surface area contributed by atoms with Gasteiger partial charge in [-0.05, 0) is 31.4 Å². The van der Waals surface area contributed by atoms with E-state index in [1.807, 2.05) is 13.8 Å². The average molecular weight is 302 g/mol. The number of rotatable bonds is 7. The van der Waals surface area contributed by atoms with E-state index >= 15 is 0 Å². The number of carbonyl (C=O) groups excluding carboxylic acids is 1. The van der Waals surface area contributed by atoms with Crippen LogP contribution in [0.4, 0.5) is 13.2 Å². The first-order valence-corrected chi connectivity index (χ1v) is 7.12.